The molecule has 0 unspecified atom stereocenters. The molecule has 2 aromatic carbocycles. The van der Waals surface area contributed by atoms with E-state index in [4.69, 9.17) is 9.84 Å². The maximum atomic E-state index is 12.5. The molecule has 156 valence electrons. The number of carbonyl (C=O) groups is 1. The van der Waals surface area contributed by atoms with Crippen molar-refractivity contribution in [3.8, 4) is 22.7 Å². The van der Waals surface area contributed by atoms with E-state index in [1.165, 1.54) is 11.3 Å². The highest BCUT2D eigenvalue weighted by atomic mass is 32.1. The highest BCUT2D eigenvalue weighted by molar-refractivity contribution is 7.12. The van der Waals surface area contributed by atoms with Crippen molar-refractivity contribution in [2.75, 3.05) is 6.61 Å². The number of rotatable bonds is 8. The summed E-state index contributed by atoms with van der Waals surface area (Å²) >= 11 is 1.44. The van der Waals surface area contributed by atoms with Crippen LogP contribution in [0.15, 0.2) is 84.4 Å². The van der Waals surface area contributed by atoms with Crippen LogP contribution in [0.3, 0.4) is 0 Å². The molecule has 4 aromatic rings. The Morgan fingerprint density at radius 2 is 1.84 bits per heavy atom. The molecule has 2 aromatic heterocycles. The van der Waals surface area contributed by atoms with Gasteiger partial charge in [0, 0.05) is 17.3 Å². The van der Waals surface area contributed by atoms with Crippen LogP contribution in [0.25, 0.3) is 23.0 Å². The van der Waals surface area contributed by atoms with E-state index < -0.39 is 0 Å². The molecule has 0 saturated heterocycles. The zero-order chi connectivity index (χ0) is 21.6. The SMILES string of the molecule is CC(C)COc1ccc(-c2nn(-c3ccccc3)cc2/C=C/C(=O)c2cccs2)cc1. The fourth-order valence-corrected chi connectivity index (χ4v) is 3.73. The third-order valence-corrected chi connectivity index (χ3v) is 5.54. The average molecular weight is 429 g/mol. The van der Waals surface area contributed by atoms with Gasteiger partial charge in [0.1, 0.15) is 5.75 Å². The zero-order valence-electron chi connectivity index (χ0n) is 17.6. The number of thiophene rings is 1. The summed E-state index contributed by atoms with van der Waals surface area (Å²) in [6.45, 7) is 4.93. The number of ketones is 1. The number of para-hydroxylation sites is 1. The highest BCUT2D eigenvalue weighted by Crippen LogP contribution is 2.27. The van der Waals surface area contributed by atoms with Crippen molar-refractivity contribution in [1.29, 1.82) is 0 Å². The van der Waals surface area contributed by atoms with E-state index in [-0.39, 0.29) is 5.78 Å². The van der Waals surface area contributed by atoms with Crippen LogP contribution in [-0.4, -0.2) is 22.2 Å². The molecule has 0 spiro atoms. The van der Waals surface area contributed by atoms with E-state index in [1.54, 1.807) is 6.08 Å². The number of allylic oxidation sites excluding steroid dienone is 1. The molecule has 0 aliphatic rings. The summed E-state index contributed by atoms with van der Waals surface area (Å²) in [5.74, 6) is 1.30. The monoisotopic (exact) mass is 428 g/mol. The molecule has 0 aliphatic heterocycles. The van der Waals surface area contributed by atoms with Crippen LogP contribution in [0.4, 0.5) is 0 Å². The second-order valence-corrected chi connectivity index (χ2v) is 8.56. The summed E-state index contributed by atoms with van der Waals surface area (Å²) in [6.07, 6.45) is 5.40. The summed E-state index contributed by atoms with van der Waals surface area (Å²) in [4.78, 5) is 13.2. The van der Waals surface area contributed by atoms with Gasteiger partial charge in [0.25, 0.3) is 0 Å². The number of hydrogen-bond donors (Lipinski definition) is 0. The number of hydrogen-bond acceptors (Lipinski definition) is 4. The number of carbonyl (C=O) groups excluding carboxylic acids is 1. The number of aromatic nitrogens is 2. The zero-order valence-corrected chi connectivity index (χ0v) is 18.4. The summed E-state index contributed by atoms with van der Waals surface area (Å²) in [7, 11) is 0. The van der Waals surface area contributed by atoms with Gasteiger partial charge in [-0.25, -0.2) is 4.68 Å². The summed E-state index contributed by atoms with van der Waals surface area (Å²) in [6, 6.07) is 21.6. The van der Waals surface area contributed by atoms with Crippen LogP contribution in [-0.2, 0) is 0 Å². The van der Waals surface area contributed by atoms with E-state index in [1.807, 2.05) is 89.1 Å². The first-order valence-electron chi connectivity index (χ1n) is 10.2. The molecule has 5 heteroatoms. The molecule has 0 saturated carbocycles. The molecule has 31 heavy (non-hydrogen) atoms. The summed E-state index contributed by atoms with van der Waals surface area (Å²) < 4.78 is 7.64. The lowest BCUT2D eigenvalue weighted by Gasteiger charge is -2.09. The second kappa shape index (κ2) is 9.58. The van der Waals surface area contributed by atoms with Gasteiger partial charge in [-0.2, -0.15) is 5.10 Å². The Morgan fingerprint density at radius 3 is 2.52 bits per heavy atom. The minimum absolute atomic E-state index is 0.00848. The third-order valence-electron chi connectivity index (χ3n) is 4.65. The van der Waals surface area contributed by atoms with Crippen molar-refractivity contribution in [3.05, 3.63) is 94.8 Å². The molecular formula is C26H24N2O2S. The maximum Gasteiger partial charge on any atom is 0.195 e. The lowest BCUT2D eigenvalue weighted by Crippen LogP contribution is -2.04. The highest BCUT2D eigenvalue weighted by Gasteiger charge is 2.12. The van der Waals surface area contributed by atoms with Crippen molar-refractivity contribution in [3.63, 3.8) is 0 Å². The first kappa shape index (κ1) is 20.8. The minimum Gasteiger partial charge on any atom is -0.493 e. The molecule has 0 N–H and O–H groups in total. The van der Waals surface area contributed by atoms with Crippen LogP contribution < -0.4 is 4.74 Å². The molecule has 0 fully saturated rings. The van der Waals surface area contributed by atoms with Gasteiger partial charge < -0.3 is 4.74 Å². The van der Waals surface area contributed by atoms with Crippen LogP contribution in [0.5, 0.6) is 5.75 Å². The van der Waals surface area contributed by atoms with Gasteiger partial charge in [-0.15, -0.1) is 11.3 Å². The van der Waals surface area contributed by atoms with Crippen LogP contribution in [0.2, 0.25) is 0 Å². The van der Waals surface area contributed by atoms with E-state index in [0.717, 1.165) is 33.1 Å². The van der Waals surface area contributed by atoms with Crippen molar-refractivity contribution in [1.82, 2.24) is 9.78 Å². The topological polar surface area (TPSA) is 44.1 Å². The molecule has 4 rings (SSSR count). The average Bonchev–Trinajstić information content (AvgIpc) is 3.47. The molecule has 0 radical (unpaired) electrons. The fraction of sp³-hybridized carbons (Fsp3) is 0.154. The van der Waals surface area contributed by atoms with Crippen molar-refractivity contribution in [2.45, 2.75) is 13.8 Å². The normalized spacial score (nSPS) is 11.3. The number of benzene rings is 2. The van der Waals surface area contributed by atoms with Gasteiger partial charge in [-0.1, -0.05) is 38.1 Å². The predicted octanol–water partition coefficient (Wildman–Crippen LogP) is 6.53. The molecule has 0 amide bonds. The van der Waals surface area contributed by atoms with E-state index in [0.29, 0.717) is 12.5 Å². The van der Waals surface area contributed by atoms with Crippen molar-refractivity contribution >= 4 is 23.2 Å². The number of nitrogens with zero attached hydrogens (tertiary/aromatic N) is 2. The van der Waals surface area contributed by atoms with Crippen LogP contribution in [0, 0.1) is 5.92 Å². The lowest BCUT2D eigenvalue weighted by atomic mass is 10.1. The molecule has 0 bridgehead atoms. The quantitative estimate of drug-likeness (QED) is 0.237. The van der Waals surface area contributed by atoms with E-state index in [9.17, 15) is 4.79 Å². The van der Waals surface area contributed by atoms with Crippen LogP contribution in [0.1, 0.15) is 29.1 Å². The van der Waals surface area contributed by atoms with Crippen LogP contribution >= 0.6 is 11.3 Å². The van der Waals surface area contributed by atoms with Crippen molar-refractivity contribution < 1.29 is 9.53 Å². The Morgan fingerprint density at radius 1 is 1.06 bits per heavy atom. The number of ether oxygens (including phenoxy) is 1. The van der Waals surface area contributed by atoms with Gasteiger partial charge in [-0.3, -0.25) is 4.79 Å². The summed E-state index contributed by atoms with van der Waals surface area (Å²) in [5, 5.41) is 6.72. The van der Waals surface area contributed by atoms with Gasteiger partial charge in [-0.05, 0) is 65.9 Å². The van der Waals surface area contributed by atoms with Gasteiger partial charge >= 0.3 is 0 Å². The molecule has 2 heterocycles. The maximum absolute atomic E-state index is 12.5. The Bertz CT molecular complexity index is 1160. The first-order valence-corrected chi connectivity index (χ1v) is 11.1. The molecule has 0 atom stereocenters. The van der Waals surface area contributed by atoms with E-state index >= 15 is 0 Å². The minimum atomic E-state index is -0.00848. The van der Waals surface area contributed by atoms with Gasteiger partial charge in [0.05, 0.1) is 22.9 Å². The van der Waals surface area contributed by atoms with Crippen molar-refractivity contribution in [2.24, 2.45) is 5.92 Å². The Hall–Kier alpha value is -3.44. The standard InChI is InChI=1S/C26H24N2O2S/c1-19(2)18-30-23-13-10-20(11-14-23)26-21(12-15-24(29)25-9-6-16-31-25)17-28(27-26)22-7-4-3-5-8-22/h3-17,19H,18H2,1-2H3/b15-12+. The Kier molecular flexibility index (Phi) is 6.43. The third kappa shape index (κ3) is 5.19. The first-order chi connectivity index (χ1) is 15.1. The lowest BCUT2D eigenvalue weighted by molar-refractivity contribution is 0.105. The second-order valence-electron chi connectivity index (χ2n) is 7.62. The smallest absolute Gasteiger partial charge is 0.195 e. The molecule has 0 aliphatic carbocycles. The van der Waals surface area contributed by atoms with Gasteiger partial charge in [0.2, 0.25) is 0 Å². The van der Waals surface area contributed by atoms with Gasteiger partial charge in [0.15, 0.2) is 5.78 Å². The predicted molar refractivity (Wildman–Crippen MR) is 127 cm³/mol. The Balaban J connectivity index is 1.66. The summed E-state index contributed by atoms with van der Waals surface area (Å²) in [5.41, 5.74) is 3.62. The molecular weight excluding hydrogens is 404 g/mol. The fourth-order valence-electron chi connectivity index (χ4n) is 3.08. The molecule has 4 nitrogen and oxygen atoms in total. The largest absolute Gasteiger partial charge is 0.493 e. The Labute approximate surface area is 186 Å². The van der Waals surface area contributed by atoms with E-state index in [2.05, 4.69) is 13.8 Å².